The molecule has 7 nitrogen and oxygen atoms in total. The van der Waals surface area contributed by atoms with Crippen molar-refractivity contribution in [1.82, 2.24) is 25.6 Å². The van der Waals surface area contributed by atoms with Crippen LogP contribution in [0, 0.1) is 0 Å². The van der Waals surface area contributed by atoms with Gasteiger partial charge in [-0.2, -0.15) is 5.21 Å². The van der Waals surface area contributed by atoms with Crippen molar-refractivity contribution in [2.45, 2.75) is 6.54 Å². The third-order valence-corrected chi connectivity index (χ3v) is 2.55. The maximum atomic E-state index is 9.51. The number of fused-ring (bicyclic) bond motifs is 1. The Hall–Kier alpha value is -2.70. The maximum Gasteiger partial charge on any atom is 0.193 e. The molecule has 0 unspecified atom stereocenters. The van der Waals surface area contributed by atoms with Crippen LogP contribution in [0.15, 0.2) is 30.5 Å². The molecule has 2 heterocycles. The molecule has 0 aliphatic carbocycles. The quantitative estimate of drug-likeness (QED) is 0.635. The fraction of sp³-hybridized carbons (Fsp3) is 0.0909. The van der Waals surface area contributed by atoms with E-state index in [1.165, 1.54) is 0 Å². The van der Waals surface area contributed by atoms with Crippen LogP contribution in [-0.4, -0.2) is 30.7 Å². The first-order valence-electron chi connectivity index (χ1n) is 5.37. The average Bonchev–Trinajstić information content (AvgIpc) is 2.89. The number of aromatic amines is 1. The zero-order chi connectivity index (χ0) is 12.4. The van der Waals surface area contributed by atoms with Gasteiger partial charge in [0.1, 0.15) is 11.6 Å². The lowest BCUT2D eigenvalue weighted by atomic mass is 10.1. The number of phenolic OH excluding ortho intramolecular Hbond substituents is 1. The summed E-state index contributed by atoms with van der Waals surface area (Å²) in [6.45, 7) is 0.415. The van der Waals surface area contributed by atoms with Crippen LogP contribution in [0.3, 0.4) is 0 Å². The molecule has 7 heteroatoms. The number of aromatic hydroxyl groups is 1. The monoisotopic (exact) mass is 242 g/mol. The van der Waals surface area contributed by atoms with E-state index < -0.39 is 0 Å². The lowest BCUT2D eigenvalue weighted by Crippen LogP contribution is -2.03. The number of rotatable bonds is 3. The summed E-state index contributed by atoms with van der Waals surface area (Å²) in [5, 5.41) is 28.0. The molecular weight excluding hydrogens is 232 g/mol. The normalized spacial score (nSPS) is 10.7. The van der Waals surface area contributed by atoms with Gasteiger partial charge in [-0.3, -0.25) is 0 Å². The third kappa shape index (κ3) is 1.93. The second kappa shape index (κ2) is 4.28. The molecular formula is C11H10N6O. The molecule has 0 spiro atoms. The maximum absolute atomic E-state index is 9.51. The van der Waals surface area contributed by atoms with Crippen molar-refractivity contribution in [3.05, 3.63) is 36.3 Å². The molecule has 18 heavy (non-hydrogen) atoms. The standard InChI is InChI=1S/C11H10N6O/c18-8-2-1-7-3-4-12-11(9(7)5-8)13-6-10-14-16-17-15-10/h1-5,18H,6H2,(H,12,13)(H,14,15,16,17). The first kappa shape index (κ1) is 10.5. The van der Waals surface area contributed by atoms with E-state index in [0.29, 0.717) is 18.2 Å². The number of hydrogen-bond donors (Lipinski definition) is 3. The molecule has 3 rings (SSSR count). The van der Waals surface area contributed by atoms with Crippen molar-refractivity contribution >= 4 is 16.6 Å². The molecule has 0 amide bonds. The van der Waals surface area contributed by atoms with Crippen LogP contribution >= 0.6 is 0 Å². The van der Waals surface area contributed by atoms with Gasteiger partial charge in [0, 0.05) is 11.6 Å². The number of phenols is 1. The van der Waals surface area contributed by atoms with E-state index in [1.54, 1.807) is 18.3 Å². The summed E-state index contributed by atoms with van der Waals surface area (Å²) in [7, 11) is 0. The molecule has 0 bridgehead atoms. The van der Waals surface area contributed by atoms with Crippen LogP contribution < -0.4 is 5.32 Å². The molecule has 3 aromatic rings. The van der Waals surface area contributed by atoms with Crippen LogP contribution in [-0.2, 0) is 6.54 Å². The summed E-state index contributed by atoms with van der Waals surface area (Å²) in [5.41, 5.74) is 0. The fourth-order valence-corrected chi connectivity index (χ4v) is 1.72. The van der Waals surface area contributed by atoms with Gasteiger partial charge in [-0.25, -0.2) is 4.98 Å². The number of H-pyrrole nitrogens is 1. The second-order valence-electron chi connectivity index (χ2n) is 3.75. The Morgan fingerprint density at radius 1 is 1.28 bits per heavy atom. The highest BCUT2D eigenvalue weighted by Gasteiger charge is 2.04. The van der Waals surface area contributed by atoms with Gasteiger partial charge in [0.05, 0.1) is 6.54 Å². The Labute approximate surface area is 102 Å². The average molecular weight is 242 g/mol. The molecule has 3 N–H and O–H groups in total. The smallest absolute Gasteiger partial charge is 0.193 e. The number of anilines is 1. The molecule has 0 fully saturated rings. The number of nitrogens with zero attached hydrogens (tertiary/aromatic N) is 4. The Bertz CT molecular complexity index is 666. The predicted molar refractivity (Wildman–Crippen MR) is 64.9 cm³/mol. The molecule has 0 aliphatic heterocycles. The van der Waals surface area contributed by atoms with E-state index in [-0.39, 0.29) is 5.75 Å². The van der Waals surface area contributed by atoms with Crippen LogP contribution in [0.1, 0.15) is 5.82 Å². The van der Waals surface area contributed by atoms with Crippen molar-refractivity contribution in [2.75, 3.05) is 5.32 Å². The minimum Gasteiger partial charge on any atom is -0.508 e. The molecule has 1 aromatic carbocycles. The number of pyridine rings is 1. The minimum atomic E-state index is 0.207. The van der Waals surface area contributed by atoms with Crippen LogP contribution in [0.4, 0.5) is 5.82 Å². The predicted octanol–water partition coefficient (Wildman–Crippen LogP) is 1.07. The van der Waals surface area contributed by atoms with Crippen LogP contribution in [0.25, 0.3) is 10.8 Å². The number of aromatic nitrogens is 5. The summed E-state index contributed by atoms with van der Waals surface area (Å²) >= 11 is 0. The summed E-state index contributed by atoms with van der Waals surface area (Å²) < 4.78 is 0. The van der Waals surface area contributed by atoms with Gasteiger partial charge in [-0.1, -0.05) is 11.3 Å². The molecule has 0 radical (unpaired) electrons. The van der Waals surface area contributed by atoms with E-state index >= 15 is 0 Å². The van der Waals surface area contributed by atoms with Gasteiger partial charge < -0.3 is 10.4 Å². The van der Waals surface area contributed by atoms with Gasteiger partial charge in [-0.05, 0) is 23.6 Å². The van der Waals surface area contributed by atoms with Gasteiger partial charge in [0.25, 0.3) is 0 Å². The lowest BCUT2D eigenvalue weighted by molar-refractivity contribution is 0.476. The molecule has 90 valence electrons. The van der Waals surface area contributed by atoms with E-state index in [1.807, 2.05) is 12.1 Å². The Kier molecular flexibility index (Phi) is 2.49. The number of benzene rings is 1. The van der Waals surface area contributed by atoms with E-state index in [2.05, 4.69) is 30.9 Å². The van der Waals surface area contributed by atoms with Crippen molar-refractivity contribution < 1.29 is 5.11 Å². The summed E-state index contributed by atoms with van der Waals surface area (Å²) in [4.78, 5) is 4.24. The molecule has 0 atom stereocenters. The van der Waals surface area contributed by atoms with E-state index in [4.69, 9.17) is 0 Å². The molecule has 2 aromatic heterocycles. The summed E-state index contributed by atoms with van der Waals surface area (Å²) in [6.07, 6.45) is 1.71. The highest BCUT2D eigenvalue weighted by molar-refractivity contribution is 5.92. The van der Waals surface area contributed by atoms with E-state index in [9.17, 15) is 5.11 Å². The fourth-order valence-electron chi connectivity index (χ4n) is 1.72. The topological polar surface area (TPSA) is 99.6 Å². The second-order valence-corrected chi connectivity index (χ2v) is 3.75. The number of nitrogens with one attached hydrogen (secondary N) is 2. The van der Waals surface area contributed by atoms with Crippen molar-refractivity contribution in [3.63, 3.8) is 0 Å². The number of tetrazole rings is 1. The molecule has 0 saturated carbocycles. The van der Waals surface area contributed by atoms with Gasteiger partial charge in [0.2, 0.25) is 0 Å². The largest absolute Gasteiger partial charge is 0.508 e. The summed E-state index contributed by atoms with van der Waals surface area (Å²) in [5.74, 6) is 1.43. The zero-order valence-corrected chi connectivity index (χ0v) is 9.33. The Balaban J connectivity index is 1.93. The van der Waals surface area contributed by atoms with Gasteiger partial charge >= 0.3 is 0 Å². The van der Waals surface area contributed by atoms with Crippen molar-refractivity contribution in [2.24, 2.45) is 0 Å². The van der Waals surface area contributed by atoms with Crippen molar-refractivity contribution in [3.8, 4) is 5.75 Å². The van der Waals surface area contributed by atoms with Crippen molar-refractivity contribution in [1.29, 1.82) is 0 Å². The highest BCUT2D eigenvalue weighted by Crippen LogP contribution is 2.25. The van der Waals surface area contributed by atoms with Crippen LogP contribution in [0.5, 0.6) is 5.75 Å². The Morgan fingerprint density at radius 3 is 3.06 bits per heavy atom. The van der Waals surface area contributed by atoms with Gasteiger partial charge in [0.15, 0.2) is 5.82 Å². The van der Waals surface area contributed by atoms with Gasteiger partial charge in [-0.15, -0.1) is 10.2 Å². The summed E-state index contributed by atoms with van der Waals surface area (Å²) in [6, 6.07) is 7.03. The minimum absolute atomic E-state index is 0.207. The molecule has 0 aliphatic rings. The lowest BCUT2D eigenvalue weighted by Gasteiger charge is -2.07. The first-order chi connectivity index (χ1) is 8.83. The van der Waals surface area contributed by atoms with E-state index in [0.717, 1.165) is 10.8 Å². The molecule has 0 saturated heterocycles. The number of hydrogen-bond acceptors (Lipinski definition) is 6. The third-order valence-electron chi connectivity index (χ3n) is 2.55. The van der Waals surface area contributed by atoms with Crippen LogP contribution in [0.2, 0.25) is 0 Å². The zero-order valence-electron chi connectivity index (χ0n) is 9.33. The Morgan fingerprint density at radius 2 is 2.22 bits per heavy atom. The highest BCUT2D eigenvalue weighted by atomic mass is 16.3. The first-order valence-corrected chi connectivity index (χ1v) is 5.37. The SMILES string of the molecule is Oc1ccc2ccnc(NCc3nn[nH]n3)c2c1.